The Morgan fingerprint density at radius 3 is 2.46 bits per heavy atom. The Bertz CT molecular complexity index is 433. The number of nitrogens with one attached hydrogen (secondary N) is 1. The van der Waals surface area contributed by atoms with Crippen molar-refractivity contribution in [3.8, 4) is 0 Å². The molecule has 7 heteroatoms. The van der Waals surface area contributed by atoms with Crippen molar-refractivity contribution in [2.24, 2.45) is 5.73 Å². The SMILES string of the molecule is C=CNCCC[Si](OC)(OC)OC(CCN)Cc1ccccc1.Cl. The average Bonchev–Trinajstić information content (AvgIpc) is 2.59. The third kappa shape index (κ3) is 8.28. The number of hydrogen-bond acceptors (Lipinski definition) is 5. The van der Waals surface area contributed by atoms with Crippen molar-refractivity contribution in [2.75, 3.05) is 27.3 Å². The highest BCUT2D eigenvalue weighted by Gasteiger charge is 2.40. The molecular formula is C17H31ClN2O3Si. The standard InChI is InChI=1S/C17H30N2O3Si.ClH/c1-4-19-13-8-14-23(20-2,21-3)22-17(11-12-18)15-16-9-6-5-7-10-16;/h4-7,9-10,17,19H,1,8,11-15,18H2,2-3H3;1H. The lowest BCUT2D eigenvalue weighted by Crippen LogP contribution is -2.48. The number of benzene rings is 1. The highest BCUT2D eigenvalue weighted by Crippen LogP contribution is 2.21. The Labute approximate surface area is 153 Å². The quantitative estimate of drug-likeness (QED) is 0.410. The molecule has 0 aliphatic rings. The van der Waals surface area contributed by atoms with Crippen LogP contribution >= 0.6 is 12.4 Å². The number of rotatable bonds is 13. The van der Waals surface area contributed by atoms with E-state index in [2.05, 4.69) is 24.0 Å². The van der Waals surface area contributed by atoms with Crippen molar-refractivity contribution in [3.05, 3.63) is 48.7 Å². The molecule has 0 aliphatic carbocycles. The third-order valence-electron chi connectivity index (χ3n) is 3.71. The lowest BCUT2D eigenvalue weighted by molar-refractivity contribution is 0.0519. The Hall–Kier alpha value is -0.893. The van der Waals surface area contributed by atoms with Crippen LogP contribution in [0.15, 0.2) is 43.1 Å². The molecule has 1 unspecified atom stereocenters. The third-order valence-corrected chi connectivity index (χ3v) is 6.61. The zero-order valence-electron chi connectivity index (χ0n) is 14.7. The first-order valence-corrected chi connectivity index (χ1v) is 9.99. The van der Waals surface area contributed by atoms with Crippen LogP contribution < -0.4 is 11.1 Å². The van der Waals surface area contributed by atoms with E-state index in [1.807, 2.05) is 18.2 Å². The summed E-state index contributed by atoms with van der Waals surface area (Å²) in [4.78, 5) is 0. The second-order valence-corrected chi connectivity index (χ2v) is 8.28. The Morgan fingerprint density at radius 2 is 1.92 bits per heavy atom. The molecule has 0 spiro atoms. The fourth-order valence-electron chi connectivity index (χ4n) is 2.47. The van der Waals surface area contributed by atoms with Crippen LogP contribution in [0.4, 0.5) is 0 Å². The molecule has 24 heavy (non-hydrogen) atoms. The number of nitrogens with two attached hydrogens (primary N) is 1. The number of halogens is 1. The van der Waals surface area contributed by atoms with E-state index >= 15 is 0 Å². The molecule has 1 aromatic rings. The predicted octanol–water partition coefficient (Wildman–Crippen LogP) is 2.74. The molecular weight excluding hydrogens is 344 g/mol. The van der Waals surface area contributed by atoms with Crippen LogP contribution in [-0.2, 0) is 19.7 Å². The van der Waals surface area contributed by atoms with Gasteiger partial charge in [0.05, 0.1) is 6.10 Å². The molecule has 0 heterocycles. The minimum Gasteiger partial charge on any atom is -0.391 e. The number of hydrogen-bond donors (Lipinski definition) is 2. The summed E-state index contributed by atoms with van der Waals surface area (Å²) >= 11 is 0. The smallest absolute Gasteiger partial charge is 0.391 e. The van der Waals surface area contributed by atoms with Gasteiger partial charge in [-0.1, -0.05) is 36.9 Å². The van der Waals surface area contributed by atoms with Gasteiger partial charge in [0, 0.05) is 26.8 Å². The van der Waals surface area contributed by atoms with E-state index in [4.69, 9.17) is 19.0 Å². The van der Waals surface area contributed by atoms with Gasteiger partial charge in [-0.3, -0.25) is 0 Å². The van der Waals surface area contributed by atoms with E-state index in [1.165, 1.54) is 5.56 Å². The van der Waals surface area contributed by atoms with Crippen LogP contribution in [0.1, 0.15) is 18.4 Å². The van der Waals surface area contributed by atoms with Gasteiger partial charge in [-0.05, 0) is 37.6 Å². The van der Waals surface area contributed by atoms with Crippen LogP contribution in [0.2, 0.25) is 6.04 Å². The zero-order chi connectivity index (χ0) is 17.0. The van der Waals surface area contributed by atoms with Gasteiger partial charge in [0.2, 0.25) is 0 Å². The minimum atomic E-state index is -2.68. The van der Waals surface area contributed by atoms with Crippen molar-refractivity contribution >= 4 is 21.2 Å². The fourth-order valence-corrected chi connectivity index (χ4v) is 4.68. The maximum Gasteiger partial charge on any atom is 0.500 e. The van der Waals surface area contributed by atoms with Crippen LogP contribution in [0, 0.1) is 0 Å². The summed E-state index contributed by atoms with van der Waals surface area (Å²) in [7, 11) is 0.653. The summed E-state index contributed by atoms with van der Waals surface area (Å²) in [5.41, 5.74) is 6.99. The zero-order valence-corrected chi connectivity index (χ0v) is 16.5. The summed E-state index contributed by atoms with van der Waals surface area (Å²) in [6, 6.07) is 11.0. The maximum atomic E-state index is 6.32. The van der Waals surface area contributed by atoms with Gasteiger partial charge in [0.25, 0.3) is 0 Å². The summed E-state index contributed by atoms with van der Waals surface area (Å²) in [5.74, 6) is 0. The van der Waals surface area contributed by atoms with E-state index in [0.717, 1.165) is 31.9 Å². The topological polar surface area (TPSA) is 65.7 Å². The molecule has 0 fully saturated rings. The molecule has 3 N–H and O–H groups in total. The fraction of sp³-hybridized carbons (Fsp3) is 0.529. The molecule has 0 saturated heterocycles. The molecule has 5 nitrogen and oxygen atoms in total. The lowest BCUT2D eigenvalue weighted by atomic mass is 10.1. The normalized spacial score (nSPS) is 12.3. The van der Waals surface area contributed by atoms with E-state index in [9.17, 15) is 0 Å². The molecule has 0 radical (unpaired) electrons. The van der Waals surface area contributed by atoms with Crippen LogP contribution in [0.3, 0.4) is 0 Å². The lowest BCUT2D eigenvalue weighted by Gasteiger charge is -2.31. The van der Waals surface area contributed by atoms with Gasteiger partial charge in [0.1, 0.15) is 0 Å². The molecule has 0 bridgehead atoms. The van der Waals surface area contributed by atoms with E-state index in [0.29, 0.717) is 6.54 Å². The van der Waals surface area contributed by atoms with E-state index in [-0.39, 0.29) is 18.5 Å². The highest BCUT2D eigenvalue weighted by molar-refractivity contribution is 6.60. The average molecular weight is 375 g/mol. The highest BCUT2D eigenvalue weighted by atomic mass is 35.5. The van der Waals surface area contributed by atoms with Crippen molar-refractivity contribution < 1.29 is 13.3 Å². The molecule has 0 aromatic heterocycles. The first-order chi connectivity index (χ1) is 11.2. The van der Waals surface area contributed by atoms with Gasteiger partial charge >= 0.3 is 8.80 Å². The predicted molar refractivity (Wildman–Crippen MR) is 103 cm³/mol. The van der Waals surface area contributed by atoms with Crippen LogP contribution in [-0.4, -0.2) is 42.2 Å². The first-order valence-electron chi connectivity index (χ1n) is 8.06. The van der Waals surface area contributed by atoms with Gasteiger partial charge in [-0.25, -0.2) is 0 Å². The maximum absolute atomic E-state index is 6.32. The molecule has 1 aromatic carbocycles. The van der Waals surface area contributed by atoms with Crippen LogP contribution in [0.25, 0.3) is 0 Å². The molecule has 0 amide bonds. The molecule has 0 saturated carbocycles. The van der Waals surface area contributed by atoms with Crippen molar-refractivity contribution in [3.63, 3.8) is 0 Å². The van der Waals surface area contributed by atoms with Crippen molar-refractivity contribution in [2.45, 2.75) is 31.4 Å². The molecule has 138 valence electrons. The van der Waals surface area contributed by atoms with Gasteiger partial charge < -0.3 is 24.3 Å². The Kier molecular flexibility index (Phi) is 12.9. The van der Waals surface area contributed by atoms with Gasteiger partial charge in [-0.2, -0.15) is 0 Å². The molecule has 1 rings (SSSR count). The van der Waals surface area contributed by atoms with E-state index < -0.39 is 8.80 Å². The monoisotopic (exact) mass is 374 g/mol. The Morgan fingerprint density at radius 1 is 1.25 bits per heavy atom. The summed E-state index contributed by atoms with van der Waals surface area (Å²) in [6.07, 6.45) is 4.18. The summed E-state index contributed by atoms with van der Waals surface area (Å²) in [5, 5.41) is 3.09. The van der Waals surface area contributed by atoms with Crippen molar-refractivity contribution in [1.29, 1.82) is 0 Å². The second kappa shape index (κ2) is 13.4. The van der Waals surface area contributed by atoms with E-state index in [1.54, 1.807) is 20.4 Å². The van der Waals surface area contributed by atoms with Crippen LogP contribution in [0.5, 0.6) is 0 Å². The van der Waals surface area contributed by atoms with Gasteiger partial charge in [0.15, 0.2) is 0 Å². The molecule has 0 aliphatic heterocycles. The summed E-state index contributed by atoms with van der Waals surface area (Å²) < 4.78 is 17.7. The molecule has 1 atom stereocenters. The minimum absolute atomic E-state index is 0. The second-order valence-electron chi connectivity index (χ2n) is 5.36. The van der Waals surface area contributed by atoms with Gasteiger partial charge in [-0.15, -0.1) is 12.4 Å². The largest absolute Gasteiger partial charge is 0.500 e. The summed E-state index contributed by atoms with van der Waals surface area (Å²) in [6.45, 7) is 5.05. The Balaban J connectivity index is 0.00000529. The van der Waals surface area contributed by atoms with Crippen molar-refractivity contribution in [1.82, 2.24) is 5.32 Å². The first kappa shape index (κ1) is 23.1.